The van der Waals surface area contributed by atoms with Gasteiger partial charge in [0.1, 0.15) is 11.2 Å². The lowest BCUT2D eigenvalue weighted by atomic mass is 9.99. The second-order valence-corrected chi connectivity index (χ2v) is 7.75. The molecule has 3 aromatic rings. The average Bonchev–Trinajstić information content (AvgIpc) is 2.76. The standard InChI is InChI=1S/C26H25N3O.ClH/c1-4-10-28-22-15-25-26(20-13-18-9-7-6-8-17(18)12-19(20)22)29-23-11-16(3)21(27-5-2)14-24(23)30-25;/h6-9,11-15,27H,4-5,10H2,1-3H3;1H. The van der Waals surface area contributed by atoms with Crippen LogP contribution >= 0.6 is 12.4 Å². The van der Waals surface area contributed by atoms with E-state index in [1.165, 1.54) is 10.8 Å². The summed E-state index contributed by atoms with van der Waals surface area (Å²) < 4.78 is 6.37. The summed E-state index contributed by atoms with van der Waals surface area (Å²) in [4.78, 5) is 9.88. The number of anilines is 1. The minimum Gasteiger partial charge on any atom is -0.453 e. The fourth-order valence-electron chi connectivity index (χ4n) is 4.07. The van der Waals surface area contributed by atoms with E-state index in [4.69, 9.17) is 14.4 Å². The van der Waals surface area contributed by atoms with E-state index in [-0.39, 0.29) is 12.4 Å². The molecule has 0 radical (unpaired) electrons. The molecule has 0 amide bonds. The molecule has 0 saturated heterocycles. The Labute approximate surface area is 187 Å². The highest BCUT2D eigenvalue weighted by Gasteiger charge is 2.16. The van der Waals surface area contributed by atoms with Gasteiger partial charge >= 0.3 is 0 Å². The number of fused-ring (bicyclic) bond motifs is 5. The van der Waals surface area contributed by atoms with Gasteiger partial charge in [-0.2, -0.15) is 0 Å². The fourth-order valence-corrected chi connectivity index (χ4v) is 4.07. The molecule has 0 spiro atoms. The highest BCUT2D eigenvalue weighted by Crippen LogP contribution is 2.34. The highest BCUT2D eigenvalue weighted by atomic mass is 35.5. The first-order chi connectivity index (χ1) is 14.7. The highest BCUT2D eigenvalue weighted by molar-refractivity contribution is 6.04. The van der Waals surface area contributed by atoms with Crippen molar-refractivity contribution >= 4 is 50.7 Å². The number of nitrogens with one attached hydrogen (secondary N) is 1. The molecule has 1 heterocycles. The molecule has 5 heteroatoms. The van der Waals surface area contributed by atoms with Gasteiger partial charge in [0.25, 0.3) is 0 Å². The van der Waals surface area contributed by atoms with E-state index >= 15 is 0 Å². The van der Waals surface area contributed by atoms with Crippen LogP contribution in [-0.4, -0.2) is 18.1 Å². The first-order valence-corrected chi connectivity index (χ1v) is 10.6. The Balaban J connectivity index is 0.00000231. The van der Waals surface area contributed by atoms with Crippen LogP contribution in [0.4, 0.5) is 5.69 Å². The summed E-state index contributed by atoms with van der Waals surface area (Å²) >= 11 is 0. The maximum atomic E-state index is 6.37. The molecule has 4 nitrogen and oxygen atoms in total. The number of halogens is 1. The Bertz CT molecular complexity index is 1440. The average molecular weight is 432 g/mol. The van der Waals surface area contributed by atoms with Crippen LogP contribution in [0.2, 0.25) is 0 Å². The van der Waals surface area contributed by atoms with Crippen molar-refractivity contribution in [3.63, 3.8) is 0 Å². The topological polar surface area (TPSA) is 50.4 Å². The molecule has 0 bridgehead atoms. The summed E-state index contributed by atoms with van der Waals surface area (Å²) in [7, 11) is 0. The van der Waals surface area contributed by atoms with Crippen molar-refractivity contribution in [2.75, 3.05) is 18.4 Å². The van der Waals surface area contributed by atoms with Crippen molar-refractivity contribution in [1.82, 2.24) is 4.98 Å². The van der Waals surface area contributed by atoms with E-state index in [0.29, 0.717) is 0 Å². The van der Waals surface area contributed by atoms with Crippen molar-refractivity contribution in [2.24, 2.45) is 4.99 Å². The molecule has 5 rings (SSSR count). The molecule has 31 heavy (non-hydrogen) atoms. The van der Waals surface area contributed by atoms with Gasteiger partial charge in [-0.15, -0.1) is 12.4 Å². The summed E-state index contributed by atoms with van der Waals surface area (Å²) in [5.74, 6) is 0.770. The molecule has 1 N–H and O–H groups in total. The number of hydrogen-bond acceptors (Lipinski definition) is 4. The molecule has 0 unspecified atom stereocenters. The van der Waals surface area contributed by atoms with Gasteiger partial charge in [-0.1, -0.05) is 31.2 Å². The normalized spacial score (nSPS) is 12.0. The summed E-state index contributed by atoms with van der Waals surface area (Å²) in [5, 5.41) is 8.98. The summed E-state index contributed by atoms with van der Waals surface area (Å²) in [6.45, 7) is 7.99. The molecule has 0 saturated carbocycles. The van der Waals surface area contributed by atoms with E-state index in [9.17, 15) is 0 Å². The van der Waals surface area contributed by atoms with Crippen LogP contribution in [-0.2, 0) is 0 Å². The minimum absolute atomic E-state index is 0. The summed E-state index contributed by atoms with van der Waals surface area (Å²) in [5.41, 5.74) is 4.78. The Morgan fingerprint density at radius 1 is 0.968 bits per heavy atom. The zero-order valence-electron chi connectivity index (χ0n) is 18.0. The predicted molar refractivity (Wildman–Crippen MR) is 133 cm³/mol. The summed E-state index contributed by atoms with van der Waals surface area (Å²) in [6.07, 6.45) is 1.01. The fraction of sp³-hybridized carbons (Fsp3) is 0.231. The van der Waals surface area contributed by atoms with Crippen molar-refractivity contribution < 1.29 is 4.42 Å². The second kappa shape index (κ2) is 8.56. The lowest BCUT2D eigenvalue weighted by Gasteiger charge is -2.14. The van der Waals surface area contributed by atoms with E-state index < -0.39 is 0 Å². The Morgan fingerprint density at radius 3 is 2.42 bits per heavy atom. The molecule has 0 atom stereocenters. The third-order valence-electron chi connectivity index (χ3n) is 5.55. The number of rotatable bonds is 4. The van der Waals surface area contributed by atoms with Crippen LogP contribution in [0.5, 0.6) is 0 Å². The Morgan fingerprint density at radius 2 is 1.71 bits per heavy atom. The van der Waals surface area contributed by atoms with Gasteiger partial charge in [0, 0.05) is 41.7 Å². The van der Waals surface area contributed by atoms with Gasteiger partial charge < -0.3 is 9.73 Å². The van der Waals surface area contributed by atoms with Gasteiger partial charge in [-0.05, 0) is 54.8 Å². The zero-order valence-corrected chi connectivity index (χ0v) is 18.8. The zero-order chi connectivity index (χ0) is 20.7. The number of aromatic nitrogens is 1. The quantitative estimate of drug-likeness (QED) is 0.254. The molecule has 158 valence electrons. The van der Waals surface area contributed by atoms with E-state index in [0.717, 1.165) is 69.4 Å². The molecular formula is C26H26ClN3O. The first-order valence-electron chi connectivity index (χ1n) is 10.6. The van der Waals surface area contributed by atoms with Crippen LogP contribution in [0, 0.1) is 6.92 Å². The van der Waals surface area contributed by atoms with E-state index in [1.807, 2.05) is 12.1 Å². The molecule has 1 aliphatic heterocycles. The molecule has 3 aromatic carbocycles. The second-order valence-electron chi connectivity index (χ2n) is 7.75. The minimum atomic E-state index is 0. The predicted octanol–water partition coefficient (Wildman–Crippen LogP) is 6.71. The number of nitrogens with zero attached hydrogens (tertiary/aromatic N) is 2. The first kappa shape index (κ1) is 21.1. The van der Waals surface area contributed by atoms with Crippen molar-refractivity contribution in [1.29, 1.82) is 0 Å². The number of hydrogen-bond donors (Lipinski definition) is 1. The third-order valence-corrected chi connectivity index (χ3v) is 5.55. The largest absolute Gasteiger partial charge is 0.453 e. The van der Waals surface area contributed by atoms with Crippen molar-refractivity contribution in [2.45, 2.75) is 27.2 Å². The maximum Gasteiger partial charge on any atom is 0.155 e. The molecule has 1 aliphatic carbocycles. The monoisotopic (exact) mass is 431 g/mol. The van der Waals surface area contributed by atoms with E-state index in [1.54, 1.807) is 0 Å². The number of aryl methyl sites for hydroxylation is 1. The summed E-state index contributed by atoms with van der Waals surface area (Å²) in [6, 6.07) is 19.1. The Hall–Kier alpha value is -3.11. The van der Waals surface area contributed by atoms with Crippen LogP contribution in [0.3, 0.4) is 0 Å². The van der Waals surface area contributed by atoms with Crippen LogP contribution < -0.4 is 10.7 Å². The van der Waals surface area contributed by atoms with Crippen molar-refractivity contribution in [3.8, 4) is 11.5 Å². The third kappa shape index (κ3) is 3.72. The lowest BCUT2D eigenvalue weighted by Crippen LogP contribution is -2.08. The van der Waals surface area contributed by atoms with Crippen LogP contribution in [0.15, 0.2) is 64.0 Å². The van der Waals surface area contributed by atoms with Gasteiger partial charge in [0.05, 0.1) is 5.36 Å². The van der Waals surface area contributed by atoms with Gasteiger partial charge in [0.15, 0.2) is 11.3 Å². The molecule has 0 aromatic heterocycles. The smallest absolute Gasteiger partial charge is 0.155 e. The maximum absolute atomic E-state index is 6.37. The molecule has 2 aliphatic rings. The van der Waals surface area contributed by atoms with Crippen LogP contribution in [0.1, 0.15) is 25.8 Å². The van der Waals surface area contributed by atoms with Gasteiger partial charge in [0.2, 0.25) is 0 Å². The Kier molecular flexibility index (Phi) is 5.84. The van der Waals surface area contributed by atoms with Gasteiger partial charge in [-0.3, -0.25) is 4.99 Å². The van der Waals surface area contributed by atoms with Gasteiger partial charge in [-0.25, -0.2) is 4.98 Å². The number of benzene rings is 4. The molecule has 0 fully saturated rings. The van der Waals surface area contributed by atoms with Crippen LogP contribution in [0.25, 0.3) is 44.1 Å². The molecular weight excluding hydrogens is 406 g/mol. The van der Waals surface area contributed by atoms with E-state index in [2.05, 4.69) is 68.6 Å². The lowest BCUT2D eigenvalue weighted by molar-refractivity contribution is 0.613. The van der Waals surface area contributed by atoms with Crippen molar-refractivity contribution in [3.05, 3.63) is 65.5 Å². The SMILES string of the molecule is CCCN=c1cc2oc3cc(NCC)c(C)cc3nc-2c2cc3ccccc3cc12.Cl.